The number of hydrogen-bond donors (Lipinski definition) is 1. The summed E-state index contributed by atoms with van der Waals surface area (Å²) in [5, 5.41) is 8.57. The Hall–Kier alpha value is 0.940. The zero-order valence-electron chi connectivity index (χ0n) is 14.5. The monoisotopic (exact) mass is 317 g/mol. The van der Waals surface area contributed by atoms with Crippen molar-refractivity contribution in [1.82, 2.24) is 4.90 Å². The Morgan fingerprint density at radius 2 is 1.29 bits per heavy atom. The molecule has 0 fully saturated rings. The fourth-order valence-corrected chi connectivity index (χ4v) is 2.07. The van der Waals surface area contributed by atoms with Gasteiger partial charge >= 0.3 is 5.97 Å². The molecule has 0 spiro atoms. The molecule has 1 amide bonds. The van der Waals surface area contributed by atoms with E-state index in [-0.39, 0.29) is 71.6 Å². The Balaban J connectivity index is -0.00000162. The first-order valence-corrected chi connectivity index (χ1v) is 7.53. The molecular weight excluding hydrogens is 288 g/mol. The number of hydrogen-bond acceptors (Lipinski definition) is 2. The Bertz CT molecular complexity index is 263. The molecule has 0 aromatic heterocycles. The molecular formula is C15H29NNa2O3. The van der Waals surface area contributed by atoms with E-state index in [1.807, 2.05) is 0 Å². The van der Waals surface area contributed by atoms with Gasteiger partial charge in [0.15, 0.2) is 0 Å². The van der Waals surface area contributed by atoms with E-state index in [1.165, 1.54) is 49.8 Å². The van der Waals surface area contributed by atoms with E-state index < -0.39 is 5.97 Å². The van der Waals surface area contributed by atoms with Gasteiger partial charge in [-0.25, -0.2) is 0 Å². The smallest absolute Gasteiger partial charge is 0.323 e. The third kappa shape index (κ3) is 18.9. The number of rotatable bonds is 12. The molecule has 0 aliphatic rings. The molecule has 0 unspecified atom stereocenters. The summed E-state index contributed by atoms with van der Waals surface area (Å²) in [6.07, 6.45) is 11.4. The largest absolute Gasteiger partial charge is 0.480 e. The predicted molar refractivity (Wildman–Crippen MR) is 88.6 cm³/mol. The summed E-state index contributed by atoms with van der Waals surface area (Å²) in [5.41, 5.74) is 0. The second-order valence-electron chi connectivity index (χ2n) is 5.22. The zero-order valence-corrected chi connectivity index (χ0v) is 18.5. The maximum atomic E-state index is 11.5. The molecule has 21 heavy (non-hydrogen) atoms. The predicted octanol–water partition coefficient (Wildman–Crippen LogP) is 2.69. The van der Waals surface area contributed by atoms with Gasteiger partial charge in [0.25, 0.3) is 0 Å². The maximum Gasteiger partial charge on any atom is 0.323 e. The number of nitrogens with zero attached hydrogens (tertiary/aromatic N) is 1. The van der Waals surface area contributed by atoms with Crippen molar-refractivity contribution in [3.8, 4) is 0 Å². The number of likely N-dealkylation sites (N-methyl/N-ethyl adjacent to an activating group) is 1. The second kappa shape index (κ2) is 19.0. The van der Waals surface area contributed by atoms with Crippen LogP contribution in [0.1, 0.15) is 71.1 Å². The Morgan fingerprint density at radius 1 is 0.857 bits per heavy atom. The van der Waals surface area contributed by atoms with Gasteiger partial charge in [-0.1, -0.05) is 58.3 Å². The molecule has 2 radical (unpaired) electrons. The molecule has 0 bridgehead atoms. The average Bonchev–Trinajstić information content (AvgIpc) is 2.35. The van der Waals surface area contributed by atoms with Crippen LogP contribution in [-0.2, 0) is 9.59 Å². The minimum absolute atomic E-state index is 0. The van der Waals surface area contributed by atoms with Crippen molar-refractivity contribution in [2.75, 3.05) is 13.6 Å². The SMILES string of the molecule is CCCCCCCCCCCC(=O)N(C)CC(=O)O.[Na].[Na]. The Kier molecular flexibility index (Phi) is 24.2. The molecule has 0 aliphatic heterocycles. The standard InChI is InChI=1S/C15H29NO3.2Na/c1-3-4-5-6-7-8-9-10-11-12-14(17)16(2)13-15(18)19;;/h3-13H2,1-2H3,(H,18,19);;. The zero-order chi connectivity index (χ0) is 14.5. The van der Waals surface area contributed by atoms with E-state index in [2.05, 4.69) is 6.92 Å². The molecule has 0 rings (SSSR count). The molecule has 0 atom stereocenters. The van der Waals surface area contributed by atoms with Crippen LogP contribution in [0.15, 0.2) is 0 Å². The van der Waals surface area contributed by atoms with Crippen LogP contribution in [0.2, 0.25) is 0 Å². The molecule has 0 aliphatic carbocycles. The summed E-state index contributed by atoms with van der Waals surface area (Å²) in [4.78, 5) is 23.3. The van der Waals surface area contributed by atoms with Gasteiger partial charge < -0.3 is 10.0 Å². The average molecular weight is 317 g/mol. The van der Waals surface area contributed by atoms with Gasteiger partial charge in [-0.05, 0) is 6.42 Å². The van der Waals surface area contributed by atoms with Crippen LogP contribution in [0.4, 0.5) is 0 Å². The van der Waals surface area contributed by atoms with Crippen LogP contribution in [0, 0.1) is 0 Å². The van der Waals surface area contributed by atoms with Crippen LogP contribution in [0.5, 0.6) is 0 Å². The molecule has 114 valence electrons. The van der Waals surface area contributed by atoms with Crippen molar-refractivity contribution < 1.29 is 14.7 Å². The summed E-state index contributed by atoms with van der Waals surface area (Å²) >= 11 is 0. The summed E-state index contributed by atoms with van der Waals surface area (Å²) in [6, 6.07) is 0. The number of carboxylic acid groups (broad SMARTS) is 1. The third-order valence-corrected chi connectivity index (χ3v) is 3.29. The fraction of sp³-hybridized carbons (Fsp3) is 0.867. The van der Waals surface area contributed by atoms with Gasteiger partial charge in [0.05, 0.1) is 0 Å². The number of carboxylic acids is 1. The Morgan fingerprint density at radius 3 is 1.71 bits per heavy atom. The molecule has 0 aromatic rings. The van der Waals surface area contributed by atoms with E-state index >= 15 is 0 Å². The molecule has 0 heterocycles. The van der Waals surface area contributed by atoms with Gasteiger partial charge in [0.2, 0.25) is 5.91 Å². The third-order valence-electron chi connectivity index (χ3n) is 3.29. The summed E-state index contributed by atoms with van der Waals surface area (Å²) in [7, 11) is 1.55. The number of carbonyl (C=O) groups excluding carboxylic acids is 1. The van der Waals surface area contributed by atoms with Crippen molar-refractivity contribution in [1.29, 1.82) is 0 Å². The number of amides is 1. The molecule has 0 saturated carbocycles. The number of aliphatic carboxylic acids is 1. The quantitative estimate of drug-likeness (QED) is 0.445. The maximum absolute atomic E-state index is 11.5. The summed E-state index contributed by atoms with van der Waals surface area (Å²) in [5.74, 6) is -1.02. The molecule has 6 heteroatoms. The van der Waals surface area contributed by atoms with E-state index in [9.17, 15) is 9.59 Å². The minimum atomic E-state index is -0.956. The van der Waals surface area contributed by atoms with Gasteiger partial charge in [-0.2, -0.15) is 0 Å². The van der Waals surface area contributed by atoms with E-state index in [4.69, 9.17) is 5.11 Å². The van der Waals surface area contributed by atoms with E-state index in [0.717, 1.165) is 12.8 Å². The van der Waals surface area contributed by atoms with Gasteiger partial charge in [-0.3, -0.25) is 9.59 Å². The van der Waals surface area contributed by atoms with Crippen molar-refractivity contribution in [2.45, 2.75) is 71.1 Å². The van der Waals surface area contributed by atoms with Gasteiger partial charge in [0.1, 0.15) is 6.54 Å². The summed E-state index contributed by atoms with van der Waals surface area (Å²) < 4.78 is 0. The second-order valence-corrected chi connectivity index (χ2v) is 5.22. The topological polar surface area (TPSA) is 57.6 Å². The Labute approximate surface area is 174 Å². The van der Waals surface area contributed by atoms with Crippen LogP contribution >= 0.6 is 0 Å². The minimum Gasteiger partial charge on any atom is -0.480 e. The normalized spacial score (nSPS) is 9.43. The first-order chi connectivity index (χ1) is 9.07. The van der Waals surface area contributed by atoms with Gasteiger partial charge in [0, 0.05) is 72.6 Å². The molecule has 4 nitrogen and oxygen atoms in total. The van der Waals surface area contributed by atoms with E-state index in [0.29, 0.717) is 6.42 Å². The van der Waals surface area contributed by atoms with Crippen LogP contribution in [0.25, 0.3) is 0 Å². The number of unbranched alkanes of at least 4 members (excludes halogenated alkanes) is 8. The first-order valence-electron chi connectivity index (χ1n) is 7.53. The molecule has 0 aromatic carbocycles. The molecule has 0 saturated heterocycles. The van der Waals surface area contributed by atoms with Crippen LogP contribution in [-0.4, -0.2) is 94.6 Å². The van der Waals surface area contributed by atoms with Crippen molar-refractivity contribution in [3.63, 3.8) is 0 Å². The van der Waals surface area contributed by atoms with Crippen LogP contribution < -0.4 is 0 Å². The summed E-state index contributed by atoms with van der Waals surface area (Å²) in [6.45, 7) is 2.02. The van der Waals surface area contributed by atoms with Crippen molar-refractivity contribution in [2.24, 2.45) is 0 Å². The van der Waals surface area contributed by atoms with Crippen LogP contribution in [0.3, 0.4) is 0 Å². The number of carbonyl (C=O) groups is 2. The van der Waals surface area contributed by atoms with Crippen molar-refractivity contribution in [3.05, 3.63) is 0 Å². The first kappa shape index (κ1) is 26.8. The van der Waals surface area contributed by atoms with Gasteiger partial charge in [-0.15, -0.1) is 0 Å². The molecule has 1 N–H and O–H groups in total. The fourth-order valence-electron chi connectivity index (χ4n) is 2.07. The van der Waals surface area contributed by atoms with Crippen molar-refractivity contribution >= 4 is 71.0 Å². The van der Waals surface area contributed by atoms with E-state index in [1.54, 1.807) is 7.05 Å².